The quantitative estimate of drug-likeness (QED) is 0.166. The van der Waals surface area contributed by atoms with Crippen LogP contribution in [0.2, 0.25) is 0 Å². The van der Waals surface area contributed by atoms with Crippen molar-refractivity contribution in [3.05, 3.63) is 194 Å². The molecule has 1 aliphatic rings. The molecule has 0 spiro atoms. The number of benzene rings is 10. The topological polar surface area (TPSA) is 25.8 Å². The average Bonchev–Trinajstić information content (AvgIpc) is 3.60. The minimum Gasteiger partial charge on any atom is -0.227 e. The van der Waals surface area contributed by atoms with Crippen molar-refractivity contribution in [2.24, 2.45) is 0 Å². The Kier molecular flexibility index (Phi) is 6.66. The van der Waals surface area contributed by atoms with Gasteiger partial charge in [0.15, 0.2) is 5.82 Å². The number of rotatable bonds is 5. The second-order valence-corrected chi connectivity index (χ2v) is 14.8. The summed E-state index contributed by atoms with van der Waals surface area (Å²) < 4.78 is 0. The second kappa shape index (κ2) is 12.0. The van der Waals surface area contributed by atoms with E-state index in [2.05, 4.69) is 188 Å². The fourth-order valence-corrected chi connectivity index (χ4v) is 9.28. The maximum absolute atomic E-state index is 5.41. The molecule has 0 fully saturated rings. The van der Waals surface area contributed by atoms with Crippen molar-refractivity contribution < 1.29 is 0 Å². The van der Waals surface area contributed by atoms with E-state index in [0.29, 0.717) is 0 Å². The van der Waals surface area contributed by atoms with Gasteiger partial charge in [-0.15, -0.1) is 0 Å². The number of hydrogen-bond donors (Lipinski definition) is 0. The summed E-state index contributed by atoms with van der Waals surface area (Å²) in [4.78, 5) is 10.7. The molecule has 2 heteroatoms. The summed E-state index contributed by atoms with van der Waals surface area (Å²) in [5, 5.41) is 10.1. The molecule has 1 heterocycles. The Morgan fingerprint density at radius 2 is 0.786 bits per heavy atom. The van der Waals surface area contributed by atoms with Gasteiger partial charge in [-0.2, -0.15) is 0 Å². The van der Waals surface area contributed by atoms with Crippen LogP contribution in [0.5, 0.6) is 0 Å². The molecule has 0 atom stereocenters. The number of aromatic nitrogens is 2. The highest BCUT2D eigenvalue weighted by Crippen LogP contribution is 2.51. The Balaban J connectivity index is 1.14. The van der Waals surface area contributed by atoms with Crippen LogP contribution in [-0.2, 0) is 0 Å². The van der Waals surface area contributed by atoms with Crippen LogP contribution in [0.4, 0.5) is 0 Å². The summed E-state index contributed by atoms with van der Waals surface area (Å²) in [7, 11) is 0. The first-order valence-corrected chi connectivity index (χ1v) is 19.2. The van der Waals surface area contributed by atoms with Gasteiger partial charge in [-0.1, -0.05) is 182 Å². The van der Waals surface area contributed by atoms with Crippen molar-refractivity contribution in [3.63, 3.8) is 0 Å². The molecule has 1 aromatic heterocycles. The van der Waals surface area contributed by atoms with E-state index < -0.39 is 0 Å². The maximum atomic E-state index is 5.41. The fourth-order valence-electron chi connectivity index (χ4n) is 9.28. The van der Waals surface area contributed by atoms with Gasteiger partial charge in [0.2, 0.25) is 0 Å². The molecule has 0 saturated carbocycles. The highest BCUT2D eigenvalue weighted by Gasteiger charge is 2.28. The molecule has 0 amide bonds. The molecule has 0 unspecified atom stereocenters. The van der Waals surface area contributed by atoms with Crippen molar-refractivity contribution in [2.75, 3.05) is 0 Å². The fraction of sp³-hybridized carbons (Fsp3) is 0. The molecular weight excluding hydrogens is 677 g/mol. The van der Waals surface area contributed by atoms with Crippen molar-refractivity contribution in [1.29, 1.82) is 0 Å². The molecule has 0 N–H and O–H groups in total. The van der Waals surface area contributed by atoms with Crippen LogP contribution in [0.15, 0.2) is 194 Å². The first-order chi connectivity index (χ1) is 27.8. The molecule has 56 heavy (non-hydrogen) atoms. The first kappa shape index (κ1) is 31.0. The lowest BCUT2D eigenvalue weighted by molar-refractivity contribution is 1.19. The predicted octanol–water partition coefficient (Wildman–Crippen LogP) is 14.5. The summed E-state index contributed by atoms with van der Waals surface area (Å²) in [6.07, 6.45) is 0. The van der Waals surface area contributed by atoms with Gasteiger partial charge in [-0.25, -0.2) is 9.97 Å². The predicted molar refractivity (Wildman–Crippen MR) is 235 cm³/mol. The monoisotopic (exact) mass is 708 g/mol. The third kappa shape index (κ3) is 4.57. The SMILES string of the molecule is c1ccc(-c2nc(-c3cccc(-c4cc(-c5ccccc5)c5ccc6ccc(-c7ccccc7)c7ccc4c5c67)c3)c3c(n2)-c2cccc4cccc-3c24)cc1. The number of nitrogens with zero attached hydrogens (tertiary/aromatic N) is 2. The van der Waals surface area contributed by atoms with Gasteiger partial charge in [0.05, 0.1) is 11.4 Å². The molecule has 1 aliphatic carbocycles. The second-order valence-electron chi connectivity index (χ2n) is 14.8. The van der Waals surface area contributed by atoms with Crippen LogP contribution in [0.25, 0.3) is 122 Å². The first-order valence-electron chi connectivity index (χ1n) is 19.2. The molecule has 12 rings (SSSR count). The van der Waals surface area contributed by atoms with Crippen LogP contribution < -0.4 is 0 Å². The van der Waals surface area contributed by atoms with Gasteiger partial charge < -0.3 is 0 Å². The smallest absolute Gasteiger partial charge is 0.160 e. The normalized spacial score (nSPS) is 11.9. The number of hydrogen-bond acceptors (Lipinski definition) is 2. The van der Waals surface area contributed by atoms with Crippen molar-refractivity contribution in [2.45, 2.75) is 0 Å². The summed E-state index contributed by atoms with van der Waals surface area (Å²) in [5.74, 6) is 0.734. The van der Waals surface area contributed by atoms with Gasteiger partial charge in [0.25, 0.3) is 0 Å². The summed E-state index contributed by atoms with van der Waals surface area (Å²) in [6.45, 7) is 0. The van der Waals surface area contributed by atoms with Crippen LogP contribution >= 0.6 is 0 Å². The van der Waals surface area contributed by atoms with Crippen molar-refractivity contribution in [1.82, 2.24) is 9.97 Å². The zero-order valence-electron chi connectivity index (χ0n) is 30.4. The van der Waals surface area contributed by atoms with Gasteiger partial charge in [-0.05, 0) is 94.2 Å². The third-order valence-electron chi connectivity index (χ3n) is 11.8. The molecule has 2 nitrogen and oxygen atoms in total. The van der Waals surface area contributed by atoms with Crippen molar-refractivity contribution >= 4 is 43.1 Å². The molecular formula is C54H32N2. The number of fused-ring (bicyclic) bond motifs is 3. The molecule has 0 radical (unpaired) electrons. The van der Waals surface area contributed by atoms with E-state index >= 15 is 0 Å². The van der Waals surface area contributed by atoms with Crippen LogP contribution in [-0.4, -0.2) is 9.97 Å². The van der Waals surface area contributed by atoms with E-state index in [1.807, 2.05) is 6.07 Å². The van der Waals surface area contributed by atoms with E-state index in [1.54, 1.807) is 0 Å². The Bertz CT molecular complexity index is 3330. The minimum atomic E-state index is 0.734. The largest absolute Gasteiger partial charge is 0.227 e. The van der Waals surface area contributed by atoms with Crippen LogP contribution in [0.3, 0.4) is 0 Å². The Hall–Kier alpha value is -7.42. The lowest BCUT2D eigenvalue weighted by atomic mass is 9.84. The molecule has 11 aromatic rings. The Morgan fingerprint density at radius 3 is 1.52 bits per heavy atom. The summed E-state index contributed by atoms with van der Waals surface area (Å²) in [5.41, 5.74) is 14.8. The summed E-state index contributed by atoms with van der Waals surface area (Å²) >= 11 is 0. The molecule has 0 saturated heterocycles. The molecule has 0 bridgehead atoms. The van der Waals surface area contributed by atoms with Gasteiger partial charge in [0, 0.05) is 22.3 Å². The Morgan fingerprint density at radius 1 is 0.268 bits per heavy atom. The van der Waals surface area contributed by atoms with E-state index in [-0.39, 0.29) is 0 Å². The minimum absolute atomic E-state index is 0.734. The van der Waals surface area contributed by atoms with Gasteiger partial charge >= 0.3 is 0 Å². The Labute approximate surface area is 324 Å². The van der Waals surface area contributed by atoms with Gasteiger partial charge in [-0.3, -0.25) is 0 Å². The standard InChI is InChI=1S/C54H32N2/c1-4-13-33(14-5-1)40-27-25-36-26-28-42-46(34-15-6-2-7-16-34)32-47(43-30-29-41(40)49(36)50(42)43)38-21-10-22-39(31-38)52-51-44-23-11-19-35-20-12-24-45(48(35)44)53(51)56-54(55-52)37-17-8-3-9-18-37/h1-32H. The zero-order chi connectivity index (χ0) is 36.7. The lowest BCUT2D eigenvalue weighted by Gasteiger charge is -2.20. The highest BCUT2D eigenvalue weighted by molar-refractivity contribution is 6.30. The zero-order valence-corrected chi connectivity index (χ0v) is 30.4. The van der Waals surface area contributed by atoms with Gasteiger partial charge in [0.1, 0.15) is 0 Å². The van der Waals surface area contributed by atoms with E-state index in [0.717, 1.165) is 39.5 Å². The van der Waals surface area contributed by atoms with E-state index in [4.69, 9.17) is 9.97 Å². The third-order valence-corrected chi connectivity index (χ3v) is 11.8. The average molecular weight is 709 g/mol. The van der Waals surface area contributed by atoms with Crippen LogP contribution in [0, 0.1) is 0 Å². The van der Waals surface area contributed by atoms with Crippen LogP contribution in [0.1, 0.15) is 0 Å². The van der Waals surface area contributed by atoms with E-state index in [9.17, 15) is 0 Å². The van der Waals surface area contributed by atoms with Crippen molar-refractivity contribution in [3.8, 4) is 78.4 Å². The molecule has 258 valence electrons. The maximum Gasteiger partial charge on any atom is 0.160 e. The van der Waals surface area contributed by atoms with E-state index in [1.165, 1.54) is 82.0 Å². The highest BCUT2D eigenvalue weighted by atomic mass is 14.9. The lowest BCUT2D eigenvalue weighted by Crippen LogP contribution is -1.98. The molecule has 0 aliphatic heterocycles. The molecule has 10 aromatic carbocycles. The summed E-state index contributed by atoms with van der Waals surface area (Å²) in [6, 6.07) is 70.4.